The van der Waals surface area contributed by atoms with Gasteiger partial charge in [0.05, 0.1) is 13.0 Å². The number of unbranched alkanes of at least 4 members (excludes halogenated alkanes) is 2. The summed E-state index contributed by atoms with van der Waals surface area (Å²) in [6.45, 7) is 2.22. The van der Waals surface area contributed by atoms with E-state index in [0.717, 1.165) is 19.3 Å². The number of allylic oxidation sites excluding steroid dienone is 1. The SMILES string of the molecule is CCCCCC1CC(=C(c2ccccc2)c2ccccc2)CC1C(=O)OC. The average molecular weight is 363 g/mol. The lowest BCUT2D eigenvalue weighted by molar-refractivity contribution is -0.146. The second kappa shape index (κ2) is 9.55. The molecule has 0 radical (unpaired) electrons. The average Bonchev–Trinajstić information content (AvgIpc) is 3.13. The Kier molecular flexibility index (Phi) is 6.86. The van der Waals surface area contributed by atoms with Gasteiger partial charge in [0.2, 0.25) is 0 Å². The van der Waals surface area contributed by atoms with E-state index in [4.69, 9.17) is 4.74 Å². The molecule has 2 aromatic rings. The third-order valence-corrected chi connectivity index (χ3v) is 5.70. The van der Waals surface area contributed by atoms with E-state index in [1.54, 1.807) is 0 Å². The van der Waals surface area contributed by atoms with Crippen LogP contribution in [0.2, 0.25) is 0 Å². The van der Waals surface area contributed by atoms with Crippen molar-refractivity contribution in [2.45, 2.75) is 45.4 Å². The first kappa shape index (κ1) is 19.4. The predicted octanol–water partition coefficient (Wildman–Crippen LogP) is 6.27. The molecule has 0 saturated heterocycles. The summed E-state index contributed by atoms with van der Waals surface area (Å²) in [7, 11) is 1.52. The van der Waals surface area contributed by atoms with E-state index in [-0.39, 0.29) is 11.9 Å². The second-order valence-electron chi connectivity index (χ2n) is 7.50. The number of hydrogen-bond donors (Lipinski definition) is 0. The van der Waals surface area contributed by atoms with Gasteiger partial charge in [-0.25, -0.2) is 0 Å². The van der Waals surface area contributed by atoms with Gasteiger partial charge in [0.1, 0.15) is 0 Å². The maximum absolute atomic E-state index is 12.5. The van der Waals surface area contributed by atoms with Gasteiger partial charge in [-0.05, 0) is 41.9 Å². The zero-order valence-corrected chi connectivity index (χ0v) is 16.5. The van der Waals surface area contributed by atoms with E-state index >= 15 is 0 Å². The number of esters is 1. The Morgan fingerprint density at radius 1 is 0.926 bits per heavy atom. The van der Waals surface area contributed by atoms with Gasteiger partial charge in [-0.15, -0.1) is 0 Å². The third kappa shape index (κ3) is 4.68. The van der Waals surface area contributed by atoms with Gasteiger partial charge in [-0.2, -0.15) is 0 Å². The van der Waals surface area contributed by atoms with Crippen molar-refractivity contribution in [2.24, 2.45) is 11.8 Å². The first-order valence-electron chi connectivity index (χ1n) is 10.1. The summed E-state index contributed by atoms with van der Waals surface area (Å²) in [5.74, 6) is 0.331. The zero-order chi connectivity index (χ0) is 19.1. The van der Waals surface area contributed by atoms with Crippen LogP contribution in [0.1, 0.15) is 56.6 Å². The molecular weight excluding hydrogens is 332 g/mol. The maximum atomic E-state index is 12.5. The second-order valence-corrected chi connectivity index (χ2v) is 7.50. The molecule has 0 N–H and O–H groups in total. The van der Waals surface area contributed by atoms with Crippen LogP contribution >= 0.6 is 0 Å². The Balaban J connectivity index is 1.99. The summed E-state index contributed by atoms with van der Waals surface area (Å²) >= 11 is 0. The van der Waals surface area contributed by atoms with Crippen LogP contribution in [0, 0.1) is 11.8 Å². The van der Waals surface area contributed by atoms with Crippen LogP contribution in [-0.2, 0) is 9.53 Å². The molecule has 0 bridgehead atoms. The van der Waals surface area contributed by atoms with E-state index in [1.165, 1.54) is 48.6 Å². The summed E-state index contributed by atoms with van der Waals surface area (Å²) in [5, 5.41) is 0. The third-order valence-electron chi connectivity index (χ3n) is 5.70. The van der Waals surface area contributed by atoms with E-state index < -0.39 is 0 Å². The lowest BCUT2D eigenvalue weighted by Crippen LogP contribution is -2.20. The van der Waals surface area contributed by atoms with E-state index in [1.807, 2.05) is 0 Å². The van der Waals surface area contributed by atoms with Crippen LogP contribution in [-0.4, -0.2) is 13.1 Å². The minimum Gasteiger partial charge on any atom is -0.469 e. The Morgan fingerprint density at radius 2 is 1.52 bits per heavy atom. The van der Waals surface area contributed by atoms with Gasteiger partial charge < -0.3 is 4.74 Å². The molecule has 2 atom stereocenters. The molecule has 3 rings (SSSR count). The Hall–Kier alpha value is -2.35. The standard InChI is InChI=1S/C25H30O2/c1-3-4-7-16-21-17-22(18-23(21)25(26)27-2)24(19-12-8-5-9-13-19)20-14-10-6-11-15-20/h5-6,8-15,21,23H,3-4,7,16-18H2,1-2H3. The molecule has 2 unspecified atom stereocenters. The molecule has 0 spiro atoms. The number of carbonyl (C=O) groups is 1. The highest BCUT2D eigenvalue weighted by atomic mass is 16.5. The Labute approximate surface area is 163 Å². The van der Waals surface area contributed by atoms with Crippen LogP contribution in [0.15, 0.2) is 66.2 Å². The predicted molar refractivity (Wildman–Crippen MR) is 111 cm³/mol. The van der Waals surface area contributed by atoms with Crippen LogP contribution < -0.4 is 0 Å². The van der Waals surface area contributed by atoms with Gasteiger partial charge in [0.15, 0.2) is 0 Å². The molecule has 1 saturated carbocycles. The van der Waals surface area contributed by atoms with Crippen molar-refractivity contribution >= 4 is 11.5 Å². The van der Waals surface area contributed by atoms with Gasteiger partial charge in [0, 0.05) is 0 Å². The maximum Gasteiger partial charge on any atom is 0.309 e. The van der Waals surface area contributed by atoms with Gasteiger partial charge in [0.25, 0.3) is 0 Å². The molecule has 142 valence electrons. The molecule has 0 amide bonds. The number of carbonyl (C=O) groups excluding carboxylic acids is 1. The fourth-order valence-corrected chi connectivity index (χ4v) is 4.35. The fraction of sp³-hybridized carbons (Fsp3) is 0.400. The normalized spacial score (nSPS) is 19.1. The van der Waals surface area contributed by atoms with Crippen LogP contribution in [0.5, 0.6) is 0 Å². The quantitative estimate of drug-likeness (QED) is 0.429. The number of rotatable bonds is 7. The molecule has 0 heterocycles. The minimum absolute atomic E-state index is 0.00993. The monoisotopic (exact) mass is 362 g/mol. The molecule has 2 heteroatoms. The molecule has 1 fully saturated rings. The number of methoxy groups -OCH3 is 1. The molecule has 2 nitrogen and oxygen atoms in total. The van der Waals surface area contributed by atoms with Crippen LogP contribution in [0.3, 0.4) is 0 Å². The summed E-state index contributed by atoms with van der Waals surface area (Å²) in [5.41, 5.74) is 5.15. The summed E-state index contributed by atoms with van der Waals surface area (Å²) in [6, 6.07) is 21.1. The molecule has 2 aromatic carbocycles. The largest absolute Gasteiger partial charge is 0.469 e. The fourth-order valence-electron chi connectivity index (χ4n) is 4.35. The smallest absolute Gasteiger partial charge is 0.309 e. The lowest BCUT2D eigenvalue weighted by atomic mass is 9.90. The highest BCUT2D eigenvalue weighted by molar-refractivity contribution is 5.84. The summed E-state index contributed by atoms with van der Waals surface area (Å²) in [4.78, 5) is 12.5. The number of benzene rings is 2. The first-order chi connectivity index (χ1) is 13.2. The lowest BCUT2D eigenvalue weighted by Gasteiger charge is -2.16. The van der Waals surface area contributed by atoms with Crippen molar-refractivity contribution in [1.82, 2.24) is 0 Å². The highest BCUT2D eigenvalue weighted by Crippen LogP contribution is 2.44. The highest BCUT2D eigenvalue weighted by Gasteiger charge is 2.37. The summed E-state index contributed by atoms with van der Waals surface area (Å²) < 4.78 is 5.15. The van der Waals surface area contributed by atoms with Crippen molar-refractivity contribution in [3.8, 4) is 0 Å². The van der Waals surface area contributed by atoms with Crippen molar-refractivity contribution < 1.29 is 9.53 Å². The first-order valence-corrected chi connectivity index (χ1v) is 10.1. The zero-order valence-electron chi connectivity index (χ0n) is 16.5. The van der Waals surface area contributed by atoms with Crippen molar-refractivity contribution in [3.05, 3.63) is 77.4 Å². The number of ether oxygens (including phenoxy) is 1. The molecule has 27 heavy (non-hydrogen) atoms. The van der Waals surface area contributed by atoms with Crippen molar-refractivity contribution in [3.63, 3.8) is 0 Å². The van der Waals surface area contributed by atoms with Crippen molar-refractivity contribution in [1.29, 1.82) is 0 Å². The van der Waals surface area contributed by atoms with Gasteiger partial charge in [-0.1, -0.05) is 92.4 Å². The number of hydrogen-bond acceptors (Lipinski definition) is 2. The van der Waals surface area contributed by atoms with Crippen molar-refractivity contribution in [2.75, 3.05) is 7.11 Å². The molecular formula is C25H30O2. The Bertz CT molecular complexity index is 720. The van der Waals surface area contributed by atoms with Gasteiger partial charge >= 0.3 is 5.97 Å². The molecule has 0 aliphatic heterocycles. The van der Waals surface area contributed by atoms with E-state index in [0.29, 0.717) is 5.92 Å². The topological polar surface area (TPSA) is 26.3 Å². The summed E-state index contributed by atoms with van der Waals surface area (Å²) in [6.07, 6.45) is 6.53. The van der Waals surface area contributed by atoms with Crippen LogP contribution in [0.25, 0.3) is 5.57 Å². The Morgan fingerprint density at radius 3 is 2.04 bits per heavy atom. The van der Waals surface area contributed by atoms with E-state index in [2.05, 4.69) is 67.6 Å². The molecule has 0 aromatic heterocycles. The molecule has 1 aliphatic carbocycles. The van der Waals surface area contributed by atoms with Crippen LogP contribution in [0.4, 0.5) is 0 Å². The minimum atomic E-state index is -0.0491. The van der Waals surface area contributed by atoms with E-state index in [9.17, 15) is 4.79 Å². The van der Waals surface area contributed by atoms with Gasteiger partial charge in [-0.3, -0.25) is 4.79 Å². The molecule has 1 aliphatic rings.